The maximum atomic E-state index is 10.6. The number of rotatable bonds is 4. The molecule has 1 aromatic carbocycles. The number of nitrogens with one attached hydrogen (secondary N) is 1. The summed E-state index contributed by atoms with van der Waals surface area (Å²) < 4.78 is 31.8. The van der Waals surface area contributed by atoms with Gasteiger partial charge in [0.1, 0.15) is 10.1 Å². The van der Waals surface area contributed by atoms with Crippen LogP contribution in [0.1, 0.15) is 5.56 Å². The summed E-state index contributed by atoms with van der Waals surface area (Å²) in [5.41, 5.74) is 0.751. The summed E-state index contributed by atoms with van der Waals surface area (Å²) >= 11 is 0. The van der Waals surface area contributed by atoms with Crippen LogP contribution < -0.4 is 5.32 Å². The number of carbonyl (C=O) groups is 1. The van der Waals surface area contributed by atoms with E-state index >= 15 is 0 Å². The van der Waals surface area contributed by atoms with Crippen molar-refractivity contribution in [3.63, 3.8) is 0 Å². The molecule has 8 heteroatoms. The summed E-state index contributed by atoms with van der Waals surface area (Å²) in [6.07, 6.45) is -0.676. The first-order chi connectivity index (χ1) is 7.39. The molecule has 0 aliphatic heterocycles. The second kappa shape index (κ2) is 5.47. The molecule has 1 amide bonds. The molecule has 0 fully saturated rings. The molecule has 17 heavy (non-hydrogen) atoms. The van der Waals surface area contributed by atoms with Crippen molar-refractivity contribution in [1.82, 2.24) is 5.32 Å². The summed E-state index contributed by atoms with van der Waals surface area (Å²) in [4.78, 5) is 9.85. The van der Waals surface area contributed by atoms with Gasteiger partial charge >= 0.3 is 6.09 Å². The standard InChI is InChI=1S/C9H11NO5S.Rf/c11-9(12)10-6-5-7-1-3-8(4-2-7)16(13,14)15;/h1-4,10H,5-6H2,(H,11,12)(H,13,14,15);/p-1. The van der Waals surface area contributed by atoms with Crippen molar-refractivity contribution < 1.29 is 22.9 Å². The largest absolute Gasteiger partial charge is 0.744 e. The molecule has 0 aliphatic carbocycles. The van der Waals surface area contributed by atoms with Crippen molar-refractivity contribution in [2.45, 2.75) is 11.3 Å². The molecule has 1 rings (SSSR count). The Morgan fingerprint density at radius 3 is 2.24 bits per heavy atom. The van der Waals surface area contributed by atoms with Gasteiger partial charge in [-0.1, -0.05) is 12.1 Å². The van der Waals surface area contributed by atoms with Crippen molar-refractivity contribution in [2.24, 2.45) is 0 Å². The second-order valence-electron chi connectivity index (χ2n) is 3.08. The van der Waals surface area contributed by atoms with Gasteiger partial charge in [0.05, 0.1) is 4.90 Å². The van der Waals surface area contributed by atoms with Crippen molar-refractivity contribution >= 4 is 16.2 Å². The summed E-state index contributed by atoms with van der Waals surface area (Å²) in [6, 6.07) is 5.37. The van der Waals surface area contributed by atoms with E-state index in [1.54, 1.807) is 0 Å². The number of hydrogen-bond acceptors (Lipinski definition) is 4. The third kappa shape index (κ3) is 4.63. The van der Waals surface area contributed by atoms with Crippen LogP contribution in [0.15, 0.2) is 29.2 Å². The molecule has 90 valence electrons. The van der Waals surface area contributed by atoms with Gasteiger partial charge in [0.25, 0.3) is 0 Å². The number of benzene rings is 1. The summed E-state index contributed by atoms with van der Waals surface area (Å²) in [6.45, 7) is 0.235. The molecule has 2 N–H and O–H groups in total. The van der Waals surface area contributed by atoms with Crippen molar-refractivity contribution in [2.75, 3.05) is 6.54 Å². The minimum atomic E-state index is -4.41. The van der Waals surface area contributed by atoms with Gasteiger partial charge in [0, 0.05) is 6.54 Å². The zero-order valence-corrected chi connectivity index (χ0v) is 16.1. The van der Waals surface area contributed by atoms with E-state index in [2.05, 4.69) is 5.32 Å². The number of amides is 1. The maximum absolute atomic E-state index is 10.6. The van der Waals surface area contributed by atoms with Crippen LogP contribution >= 0.6 is 0 Å². The van der Waals surface area contributed by atoms with Gasteiger partial charge in [0.15, 0.2) is 0 Å². The zero-order chi connectivity index (χ0) is 12.2. The van der Waals surface area contributed by atoms with E-state index in [1.165, 1.54) is 24.3 Å². The van der Waals surface area contributed by atoms with Crippen LogP contribution in [-0.4, -0.2) is 30.7 Å². The average molecular weight is 511 g/mol. The molecule has 0 atom stereocenters. The number of hydrogen-bond donors (Lipinski definition) is 2. The minimum absolute atomic E-state index is 0. The molecule has 0 unspecified atom stereocenters. The Morgan fingerprint density at radius 1 is 1.29 bits per heavy atom. The maximum Gasteiger partial charge on any atom is 0.404 e. The Bertz CT molecular complexity index is 471. The van der Waals surface area contributed by atoms with Crippen LogP contribution in [-0.2, 0) is 16.5 Å². The predicted molar refractivity (Wildman–Crippen MR) is 54.1 cm³/mol. The molecule has 0 heterocycles. The minimum Gasteiger partial charge on any atom is -0.744 e. The monoisotopic (exact) mass is 511 g/mol. The van der Waals surface area contributed by atoms with E-state index in [4.69, 9.17) is 5.11 Å². The molecule has 0 saturated carbocycles. The fourth-order valence-corrected chi connectivity index (χ4v) is 1.61. The fourth-order valence-electron chi connectivity index (χ4n) is 1.14. The third-order valence-electron chi connectivity index (χ3n) is 1.90. The van der Waals surface area contributed by atoms with E-state index < -0.39 is 16.2 Å². The van der Waals surface area contributed by atoms with Crippen LogP contribution in [0, 0.1) is 0 Å². The summed E-state index contributed by atoms with van der Waals surface area (Å²) in [5, 5.41) is 10.5. The first-order valence-electron chi connectivity index (χ1n) is 4.41. The smallest absolute Gasteiger partial charge is 0.404 e. The van der Waals surface area contributed by atoms with Gasteiger partial charge in [0.2, 0.25) is 0 Å². The van der Waals surface area contributed by atoms with E-state index in [9.17, 15) is 17.8 Å². The first kappa shape index (κ1) is 14.4. The molecule has 0 bridgehead atoms. The Labute approximate surface area is 92.7 Å². The van der Waals surface area contributed by atoms with Crippen LogP contribution in [0.25, 0.3) is 0 Å². The number of carboxylic acid groups (broad SMARTS) is 1. The Kier molecular flexibility index (Phi) is 4.64. The summed E-state index contributed by atoms with van der Waals surface area (Å²) in [5.74, 6) is 0. The molecule has 6 nitrogen and oxygen atoms in total. The molecule has 0 aliphatic rings. The van der Waals surface area contributed by atoms with E-state index in [0.717, 1.165) is 5.56 Å². The van der Waals surface area contributed by atoms with Gasteiger partial charge in [-0.3, -0.25) is 0 Å². The predicted octanol–water partition coefficient (Wildman–Crippen LogP) is 0.401. The van der Waals surface area contributed by atoms with Crippen LogP contribution in [0.5, 0.6) is 0 Å². The third-order valence-corrected chi connectivity index (χ3v) is 2.75. The molecule has 1 aromatic rings. The van der Waals surface area contributed by atoms with Gasteiger partial charge in [-0.2, -0.15) is 0 Å². The topological polar surface area (TPSA) is 107 Å². The van der Waals surface area contributed by atoms with Crippen LogP contribution in [0.4, 0.5) is 4.79 Å². The van der Waals surface area contributed by atoms with Crippen molar-refractivity contribution in [1.29, 1.82) is 0 Å². The van der Waals surface area contributed by atoms with Crippen LogP contribution in [0.2, 0.25) is 0 Å². The molecule has 0 spiro atoms. The normalized spacial score (nSPS) is 10.4. The molecular weight excluding hydrogens is 501 g/mol. The van der Waals surface area contributed by atoms with Gasteiger partial charge in [-0.25, -0.2) is 13.2 Å². The van der Waals surface area contributed by atoms with E-state index in [-0.39, 0.29) is 11.4 Å². The van der Waals surface area contributed by atoms with Crippen molar-refractivity contribution in [3.05, 3.63) is 29.8 Å². The molecular formula is C9H10NO5RfS-. The Balaban J connectivity index is 0.00000256. The second-order valence-corrected chi connectivity index (χ2v) is 4.46. The Hall–Kier alpha value is -2.60. The van der Waals surface area contributed by atoms with Gasteiger partial charge in [-0.05, 0) is 24.1 Å². The molecule has 0 aromatic heterocycles. The average Bonchev–Trinajstić information content (AvgIpc) is 2.16. The fraction of sp³-hybridized carbons (Fsp3) is 0.222. The first-order valence-corrected chi connectivity index (χ1v) is 5.82. The van der Waals surface area contributed by atoms with Crippen molar-refractivity contribution in [3.8, 4) is 0 Å². The molecule has 0 saturated heterocycles. The van der Waals surface area contributed by atoms with E-state index in [1.807, 2.05) is 0 Å². The quantitative estimate of drug-likeness (QED) is 0.570. The molecule has 0 radical (unpaired) electrons. The van der Waals surface area contributed by atoms with E-state index in [0.29, 0.717) is 6.42 Å². The SMILES string of the molecule is O=C(O)NCCc1ccc(S(=O)(=O)[O-])cc1.[Rf]. The van der Waals surface area contributed by atoms with Crippen LogP contribution in [0.3, 0.4) is 0 Å². The zero-order valence-electron chi connectivity index (χ0n) is 8.92. The summed E-state index contributed by atoms with van der Waals surface area (Å²) in [7, 11) is -4.41. The van der Waals surface area contributed by atoms with Gasteiger partial charge < -0.3 is 15.0 Å². The van der Waals surface area contributed by atoms with Gasteiger partial charge in [-0.15, -0.1) is 0 Å². The Morgan fingerprint density at radius 2 is 1.82 bits per heavy atom.